The van der Waals surface area contributed by atoms with E-state index in [9.17, 15) is 18.0 Å². The molecule has 3 aromatic rings. The van der Waals surface area contributed by atoms with Gasteiger partial charge < -0.3 is 9.73 Å². The van der Waals surface area contributed by atoms with E-state index in [0.29, 0.717) is 25.2 Å². The van der Waals surface area contributed by atoms with Gasteiger partial charge in [-0.15, -0.1) is 11.3 Å². The fourth-order valence-corrected chi connectivity index (χ4v) is 6.45. The third-order valence-corrected chi connectivity index (χ3v) is 8.16. The van der Waals surface area contributed by atoms with Gasteiger partial charge in [0.2, 0.25) is 15.9 Å². The number of nitrogens with one attached hydrogen (secondary N) is 1. The Morgan fingerprint density at radius 3 is 2.65 bits per heavy atom. The molecule has 8 nitrogen and oxygen atoms in total. The number of nitrogens with zero attached hydrogens (tertiary/aromatic N) is 2. The fourth-order valence-electron chi connectivity index (χ4n) is 4.11. The van der Waals surface area contributed by atoms with Crippen LogP contribution in [0.3, 0.4) is 0 Å². The Kier molecular flexibility index (Phi) is 6.05. The molecule has 0 spiro atoms. The zero-order valence-electron chi connectivity index (χ0n) is 17.4. The zero-order valence-corrected chi connectivity index (χ0v) is 19.0. The van der Waals surface area contributed by atoms with Crippen LogP contribution in [0.2, 0.25) is 0 Å². The normalized spacial score (nSPS) is 20.2. The minimum atomic E-state index is -3.70. The molecule has 1 aromatic carbocycles. The number of benzene rings is 1. The highest BCUT2D eigenvalue weighted by atomic mass is 32.2. The Labute approximate surface area is 184 Å². The summed E-state index contributed by atoms with van der Waals surface area (Å²) in [6.45, 7) is 5.22. The molecular formula is C21H25N3O5S2. The van der Waals surface area contributed by atoms with E-state index in [1.54, 1.807) is 0 Å². The molecule has 2 atom stereocenters. The van der Waals surface area contributed by atoms with Gasteiger partial charge in [0.1, 0.15) is 6.54 Å². The van der Waals surface area contributed by atoms with Crippen molar-refractivity contribution in [2.75, 3.05) is 13.1 Å². The third kappa shape index (κ3) is 4.60. The van der Waals surface area contributed by atoms with Crippen LogP contribution in [-0.2, 0) is 27.9 Å². The molecule has 1 saturated heterocycles. The number of carbonyl (C=O) groups is 1. The van der Waals surface area contributed by atoms with Gasteiger partial charge in [-0.25, -0.2) is 13.2 Å². The van der Waals surface area contributed by atoms with E-state index in [2.05, 4.69) is 5.32 Å². The Bertz CT molecular complexity index is 1230. The highest BCUT2D eigenvalue weighted by molar-refractivity contribution is 7.89. The number of piperidine rings is 1. The molecule has 2 aromatic heterocycles. The van der Waals surface area contributed by atoms with E-state index in [-0.39, 0.29) is 34.8 Å². The van der Waals surface area contributed by atoms with Crippen LogP contribution >= 0.6 is 11.3 Å². The first-order valence-corrected chi connectivity index (χ1v) is 12.5. The Morgan fingerprint density at radius 1 is 1.23 bits per heavy atom. The molecule has 0 aliphatic carbocycles. The zero-order chi connectivity index (χ0) is 22.2. The first-order chi connectivity index (χ1) is 14.7. The maximum Gasteiger partial charge on any atom is 0.420 e. The fraction of sp³-hybridized carbons (Fsp3) is 0.429. The maximum atomic E-state index is 13.1. The van der Waals surface area contributed by atoms with Crippen LogP contribution in [0.1, 0.15) is 25.1 Å². The number of carbonyl (C=O) groups excluding carboxylic acids is 1. The van der Waals surface area contributed by atoms with Crippen molar-refractivity contribution < 1.29 is 17.6 Å². The summed E-state index contributed by atoms with van der Waals surface area (Å²) in [5, 5.41) is 4.69. The standard InChI is InChI=1S/C21H25N3O5S2/c1-14-8-15(2)12-23(11-14)31(27,28)17-5-6-18-19(9-17)29-21(26)24(18)13-20(25)22-10-16-4-3-7-30-16/h3-7,9,14-15H,8,10-13H2,1-2H3,(H,22,25). The Hall–Kier alpha value is -2.43. The summed E-state index contributed by atoms with van der Waals surface area (Å²) in [6.07, 6.45) is 0.997. The lowest BCUT2D eigenvalue weighted by Gasteiger charge is -2.34. The first kappa shape index (κ1) is 21.8. The van der Waals surface area contributed by atoms with Crippen LogP contribution in [-0.4, -0.2) is 36.3 Å². The molecule has 10 heteroatoms. The van der Waals surface area contributed by atoms with Gasteiger partial charge in [0.25, 0.3) is 0 Å². The van der Waals surface area contributed by atoms with Crippen molar-refractivity contribution in [3.63, 3.8) is 0 Å². The van der Waals surface area contributed by atoms with E-state index >= 15 is 0 Å². The second-order valence-electron chi connectivity index (χ2n) is 8.21. The van der Waals surface area contributed by atoms with Crippen molar-refractivity contribution in [3.05, 3.63) is 51.1 Å². The number of fused-ring (bicyclic) bond motifs is 1. The van der Waals surface area contributed by atoms with Crippen LogP contribution in [0.25, 0.3) is 11.1 Å². The smallest absolute Gasteiger partial charge is 0.408 e. The van der Waals surface area contributed by atoms with Crippen molar-refractivity contribution in [2.45, 2.75) is 38.3 Å². The minimum absolute atomic E-state index is 0.0874. The predicted molar refractivity (Wildman–Crippen MR) is 118 cm³/mol. The highest BCUT2D eigenvalue weighted by Gasteiger charge is 2.32. The summed E-state index contributed by atoms with van der Waals surface area (Å²) in [6, 6.07) is 8.18. The summed E-state index contributed by atoms with van der Waals surface area (Å²) in [4.78, 5) is 25.7. The lowest BCUT2D eigenvalue weighted by atomic mass is 9.94. The van der Waals surface area contributed by atoms with Crippen molar-refractivity contribution in [3.8, 4) is 0 Å². The van der Waals surface area contributed by atoms with Gasteiger partial charge in [0, 0.05) is 24.0 Å². The topological polar surface area (TPSA) is 102 Å². The number of thiophene rings is 1. The monoisotopic (exact) mass is 463 g/mol. The molecule has 0 radical (unpaired) electrons. The van der Waals surface area contributed by atoms with Gasteiger partial charge in [0.05, 0.1) is 17.0 Å². The van der Waals surface area contributed by atoms with Crippen LogP contribution < -0.4 is 11.1 Å². The average Bonchev–Trinajstić information content (AvgIpc) is 3.33. The number of hydrogen-bond donors (Lipinski definition) is 1. The molecule has 3 heterocycles. The molecule has 1 aliphatic rings. The molecule has 166 valence electrons. The van der Waals surface area contributed by atoms with Crippen LogP contribution in [0, 0.1) is 11.8 Å². The number of hydrogen-bond acceptors (Lipinski definition) is 6. The molecule has 2 unspecified atom stereocenters. The summed E-state index contributed by atoms with van der Waals surface area (Å²) >= 11 is 1.53. The average molecular weight is 464 g/mol. The van der Waals surface area contributed by atoms with Crippen LogP contribution in [0.15, 0.2) is 49.8 Å². The van der Waals surface area contributed by atoms with Crippen molar-refractivity contribution in [2.24, 2.45) is 11.8 Å². The molecular weight excluding hydrogens is 438 g/mol. The lowest BCUT2D eigenvalue weighted by molar-refractivity contribution is -0.121. The van der Waals surface area contributed by atoms with Crippen LogP contribution in [0.5, 0.6) is 0 Å². The van der Waals surface area contributed by atoms with Crippen molar-refractivity contribution >= 4 is 38.4 Å². The predicted octanol–water partition coefficient (Wildman–Crippen LogP) is 2.64. The van der Waals surface area contributed by atoms with Gasteiger partial charge in [-0.05, 0) is 41.8 Å². The van der Waals surface area contributed by atoms with E-state index in [0.717, 1.165) is 11.3 Å². The summed E-state index contributed by atoms with van der Waals surface area (Å²) in [7, 11) is -3.70. The molecule has 1 aliphatic heterocycles. The number of sulfonamides is 1. The van der Waals surface area contributed by atoms with Gasteiger partial charge in [-0.1, -0.05) is 19.9 Å². The van der Waals surface area contributed by atoms with E-state index < -0.39 is 15.8 Å². The Morgan fingerprint density at radius 2 is 1.97 bits per heavy atom. The first-order valence-electron chi connectivity index (χ1n) is 10.2. The minimum Gasteiger partial charge on any atom is -0.408 e. The van der Waals surface area contributed by atoms with E-state index in [4.69, 9.17) is 4.42 Å². The summed E-state index contributed by atoms with van der Waals surface area (Å²) in [5.41, 5.74) is 0.533. The van der Waals surface area contributed by atoms with Crippen molar-refractivity contribution in [1.29, 1.82) is 0 Å². The number of amides is 1. The molecule has 1 fully saturated rings. The number of aromatic nitrogens is 1. The van der Waals surface area contributed by atoms with Gasteiger partial charge in [-0.2, -0.15) is 4.31 Å². The van der Waals surface area contributed by atoms with E-state index in [1.807, 2.05) is 31.4 Å². The molecule has 1 N–H and O–H groups in total. The molecule has 4 rings (SSSR count). The number of oxazole rings is 1. The largest absolute Gasteiger partial charge is 0.420 e. The van der Waals surface area contributed by atoms with Crippen LogP contribution in [0.4, 0.5) is 0 Å². The summed E-state index contributed by atoms with van der Waals surface area (Å²) < 4.78 is 34.2. The molecule has 0 bridgehead atoms. The summed E-state index contributed by atoms with van der Waals surface area (Å²) in [5.74, 6) is -0.454. The van der Waals surface area contributed by atoms with Gasteiger partial charge in [0.15, 0.2) is 5.58 Å². The van der Waals surface area contributed by atoms with Gasteiger partial charge >= 0.3 is 5.76 Å². The van der Waals surface area contributed by atoms with E-state index in [1.165, 1.54) is 38.4 Å². The molecule has 1 amide bonds. The Balaban J connectivity index is 1.55. The quantitative estimate of drug-likeness (QED) is 0.606. The number of rotatable bonds is 6. The molecule has 0 saturated carbocycles. The van der Waals surface area contributed by atoms with Gasteiger partial charge in [-0.3, -0.25) is 9.36 Å². The second-order valence-corrected chi connectivity index (χ2v) is 11.2. The second kappa shape index (κ2) is 8.60. The highest BCUT2D eigenvalue weighted by Crippen LogP contribution is 2.28. The lowest BCUT2D eigenvalue weighted by Crippen LogP contribution is -2.42. The SMILES string of the molecule is CC1CC(C)CN(S(=O)(=O)c2ccc3c(c2)oc(=O)n3CC(=O)NCc2cccs2)C1. The third-order valence-electron chi connectivity index (χ3n) is 5.45. The maximum absolute atomic E-state index is 13.1. The van der Waals surface area contributed by atoms with Crippen molar-refractivity contribution in [1.82, 2.24) is 14.2 Å². The molecule has 31 heavy (non-hydrogen) atoms.